The van der Waals surface area contributed by atoms with Crippen molar-refractivity contribution in [2.75, 3.05) is 6.54 Å². The molecule has 0 saturated heterocycles. The molecule has 0 radical (unpaired) electrons. The Hall–Kier alpha value is -2.44. The lowest BCUT2D eigenvalue weighted by atomic mass is 10.1. The highest BCUT2D eigenvalue weighted by molar-refractivity contribution is 5.97. The zero-order valence-corrected chi connectivity index (χ0v) is 10.8. The third-order valence-corrected chi connectivity index (χ3v) is 3.55. The van der Waals surface area contributed by atoms with Crippen LogP contribution in [-0.4, -0.2) is 37.2 Å². The van der Waals surface area contributed by atoms with Gasteiger partial charge in [-0.2, -0.15) is 0 Å². The monoisotopic (exact) mass is 276 g/mol. The molecule has 1 unspecified atom stereocenters. The van der Waals surface area contributed by atoms with Crippen LogP contribution in [0.4, 0.5) is 4.39 Å². The standard InChI is InChI=1S/C13H13FN4O2/c1-8-12-16-15-7-17(12)5-6-18(8)13(20)9-3-2-4-10(14)11(9)19/h2-4,7-8,19H,5-6H2,1H3. The summed E-state index contributed by atoms with van der Waals surface area (Å²) in [5, 5.41) is 17.5. The van der Waals surface area contributed by atoms with E-state index < -0.39 is 17.5 Å². The zero-order valence-electron chi connectivity index (χ0n) is 10.8. The summed E-state index contributed by atoms with van der Waals surface area (Å²) >= 11 is 0. The van der Waals surface area contributed by atoms with E-state index in [1.807, 2.05) is 11.5 Å². The molecule has 0 fully saturated rings. The van der Waals surface area contributed by atoms with Gasteiger partial charge in [0.05, 0.1) is 11.6 Å². The minimum absolute atomic E-state index is 0.0372. The lowest BCUT2D eigenvalue weighted by molar-refractivity contribution is 0.0634. The minimum Gasteiger partial charge on any atom is -0.504 e. The molecule has 3 rings (SSSR count). The number of rotatable bonds is 1. The van der Waals surface area contributed by atoms with Gasteiger partial charge in [0.1, 0.15) is 6.33 Å². The molecule has 1 amide bonds. The first-order valence-corrected chi connectivity index (χ1v) is 6.25. The number of phenolic OH excluding ortho intramolecular Hbond substituents is 1. The van der Waals surface area contributed by atoms with Gasteiger partial charge in [-0.05, 0) is 19.1 Å². The molecule has 1 aromatic heterocycles. The van der Waals surface area contributed by atoms with Crippen LogP contribution in [0.2, 0.25) is 0 Å². The molecule has 7 heteroatoms. The molecule has 1 atom stereocenters. The van der Waals surface area contributed by atoms with Crippen LogP contribution >= 0.6 is 0 Å². The van der Waals surface area contributed by atoms with Crippen LogP contribution in [0, 0.1) is 5.82 Å². The Bertz CT molecular complexity index is 670. The van der Waals surface area contributed by atoms with Crippen LogP contribution < -0.4 is 0 Å². The van der Waals surface area contributed by atoms with Crippen molar-refractivity contribution in [2.45, 2.75) is 19.5 Å². The average Bonchev–Trinajstić information content (AvgIpc) is 2.91. The van der Waals surface area contributed by atoms with Crippen molar-refractivity contribution in [1.29, 1.82) is 0 Å². The highest BCUT2D eigenvalue weighted by Crippen LogP contribution is 2.28. The van der Waals surface area contributed by atoms with E-state index in [1.165, 1.54) is 12.1 Å². The summed E-state index contributed by atoms with van der Waals surface area (Å²) in [5.41, 5.74) is -0.0372. The predicted molar refractivity (Wildman–Crippen MR) is 67.5 cm³/mol. The van der Waals surface area contributed by atoms with Gasteiger partial charge in [-0.1, -0.05) is 6.07 Å². The molecule has 20 heavy (non-hydrogen) atoms. The summed E-state index contributed by atoms with van der Waals surface area (Å²) in [5.74, 6) is -1.15. The molecule has 2 heterocycles. The largest absolute Gasteiger partial charge is 0.504 e. The molecule has 6 nitrogen and oxygen atoms in total. The summed E-state index contributed by atoms with van der Waals surface area (Å²) < 4.78 is 15.2. The minimum atomic E-state index is -0.802. The Kier molecular flexibility index (Phi) is 2.89. The van der Waals surface area contributed by atoms with Crippen molar-refractivity contribution in [2.24, 2.45) is 0 Å². The number of carbonyl (C=O) groups excluding carboxylic acids is 1. The van der Waals surface area contributed by atoms with Crippen molar-refractivity contribution in [3.63, 3.8) is 0 Å². The van der Waals surface area contributed by atoms with Crippen LogP contribution in [0.3, 0.4) is 0 Å². The summed E-state index contributed by atoms with van der Waals surface area (Å²) in [7, 11) is 0. The lowest BCUT2D eigenvalue weighted by Gasteiger charge is -2.33. The lowest BCUT2D eigenvalue weighted by Crippen LogP contribution is -2.41. The highest BCUT2D eigenvalue weighted by Gasteiger charge is 2.31. The topological polar surface area (TPSA) is 71.2 Å². The number of carbonyl (C=O) groups is 1. The van der Waals surface area contributed by atoms with Crippen LogP contribution in [0.5, 0.6) is 5.75 Å². The Labute approximate surface area is 114 Å². The summed E-state index contributed by atoms with van der Waals surface area (Å²) in [4.78, 5) is 14.0. The summed E-state index contributed by atoms with van der Waals surface area (Å²) in [6, 6.07) is 3.65. The first-order valence-electron chi connectivity index (χ1n) is 6.25. The molecule has 0 spiro atoms. The third kappa shape index (κ3) is 1.82. The van der Waals surface area contributed by atoms with E-state index in [1.54, 1.807) is 11.2 Å². The van der Waals surface area contributed by atoms with Crippen LogP contribution in [0.15, 0.2) is 24.5 Å². The molecule has 0 aliphatic carbocycles. The van der Waals surface area contributed by atoms with E-state index in [0.29, 0.717) is 18.9 Å². The molecule has 2 aromatic rings. The second-order valence-electron chi connectivity index (χ2n) is 4.69. The van der Waals surface area contributed by atoms with Gasteiger partial charge in [0.2, 0.25) is 0 Å². The fourth-order valence-corrected chi connectivity index (χ4v) is 2.43. The van der Waals surface area contributed by atoms with Crippen LogP contribution in [-0.2, 0) is 6.54 Å². The quantitative estimate of drug-likeness (QED) is 0.853. The van der Waals surface area contributed by atoms with Gasteiger partial charge in [-0.15, -0.1) is 10.2 Å². The second-order valence-corrected chi connectivity index (χ2v) is 4.69. The molecular formula is C13H13FN4O2. The van der Waals surface area contributed by atoms with Gasteiger partial charge in [-0.3, -0.25) is 4.79 Å². The van der Waals surface area contributed by atoms with Gasteiger partial charge in [0.15, 0.2) is 17.4 Å². The molecule has 0 saturated carbocycles. The maximum atomic E-state index is 13.3. The van der Waals surface area contributed by atoms with Gasteiger partial charge >= 0.3 is 0 Å². The number of aromatic nitrogens is 3. The normalized spacial score (nSPS) is 17.9. The number of halogens is 1. The average molecular weight is 276 g/mol. The number of aromatic hydroxyl groups is 1. The Morgan fingerprint density at radius 3 is 3.05 bits per heavy atom. The number of benzene rings is 1. The Morgan fingerprint density at radius 1 is 1.45 bits per heavy atom. The number of nitrogens with zero attached hydrogens (tertiary/aromatic N) is 4. The molecule has 1 aromatic carbocycles. The van der Waals surface area contributed by atoms with E-state index in [0.717, 1.165) is 6.07 Å². The number of hydrogen-bond donors (Lipinski definition) is 1. The molecule has 1 N–H and O–H groups in total. The van der Waals surface area contributed by atoms with E-state index in [2.05, 4.69) is 10.2 Å². The third-order valence-electron chi connectivity index (χ3n) is 3.55. The van der Waals surface area contributed by atoms with E-state index in [4.69, 9.17) is 0 Å². The second kappa shape index (κ2) is 4.59. The van der Waals surface area contributed by atoms with Crippen molar-refractivity contribution >= 4 is 5.91 Å². The maximum Gasteiger partial charge on any atom is 0.258 e. The van der Waals surface area contributed by atoms with Gasteiger partial charge in [0.25, 0.3) is 5.91 Å². The van der Waals surface area contributed by atoms with Crippen molar-refractivity contribution < 1.29 is 14.3 Å². The molecule has 0 bridgehead atoms. The highest BCUT2D eigenvalue weighted by atomic mass is 19.1. The van der Waals surface area contributed by atoms with Crippen LogP contribution in [0.1, 0.15) is 29.1 Å². The Balaban J connectivity index is 1.94. The van der Waals surface area contributed by atoms with Gasteiger partial charge in [0, 0.05) is 13.1 Å². The maximum absolute atomic E-state index is 13.3. The number of para-hydroxylation sites is 1. The zero-order chi connectivity index (χ0) is 14.3. The fourth-order valence-electron chi connectivity index (χ4n) is 2.43. The van der Waals surface area contributed by atoms with Gasteiger partial charge in [-0.25, -0.2) is 4.39 Å². The fraction of sp³-hybridized carbons (Fsp3) is 0.308. The molecule has 1 aliphatic rings. The predicted octanol–water partition coefficient (Wildman–Crippen LogP) is 1.34. The van der Waals surface area contributed by atoms with Crippen molar-refractivity contribution in [3.8, 4) is 5.75 Å². The number of phenols is 1. The van der Waals surface area contributed by atoms with Gasteiger partial charge < -0.3 is 14.6 Å². The van der Waals surface area contributed by atoms with Crippen molar-refractivity contribution in [1.82, 2.24) is 19.7 Å². The van der Waals surface area contributed by atoms with Crippen LogP contribution in [0.25, 0.3) is 0 Å². The Morgan fingerprint density at radius 2 is 2.25 bits per heavy atom. The molecule has 1 aliphatic heterocycles. The number of fused-ring (bicyclic) bond motifs is 1. The van der Waals surface area contributed by atoms with E-state index in [-0.39, 0.29) is 11.6 Å². The molecule has 104 valence electrons. The van der Waals surface area contributed by atoms with Crippen molar-refractivity contribution in [3.05, 3.63) is 41.7 Å². The SMILES string of the molecule is CC1c2nncn2CCN1C(=O)c1cccc(F)c1O. The number of hydrogen-bond acceptors (Lipinski definition) is 4. The van der Waals surface area contributed by atoms with E-state index in [9.17, 15) is 14.3 Å². The smallest absolute Gasteiger partial charge is 0.258 e. The molecular weight excluding hydrogens is 263 g/mol. The van der Waals surface area contributed by atoms with E-state index >= 15 is 0 Å². The first kappa shape index (κ1) is 12.6. The summed E-state index contributed by atoms with van der Waals surface area (Å²) in [6.45, 7) is 2.86. The first-order chi connectivity index (χ1) is 9.59. The number of amides is 1. The summed E-state index contributed by atoms with van der Waals surface area (Å²) in [6.07, 6.45) is 1.62.